The summed E-state index contributed by atoms with van der Waals surface area (Å²) in [5.74, 6) is 0.272. The highest BCUT2D eigenvalue weighted by molar-refractivity contribution is 4.92. The first kappa shape index (κ1) is 14.9. The minimum Gasteiger partial charge on any atom is -0.339 e. The lowest BCUT2D eigenvalue weighted by Gasteiger charge is -2.19. The number of aromatic nitrogens is 2. The molecule has 0 fully saturated rings. The number of halogens is 3. The lowest BCUT2D eigenvalue weighted by molar-refractivity contribution is -0.128. The summed E-state index contributed by atoms with van der Waals surface area (Å²) in [6.07, 6.45) is -5.01. The van der Waals surface area contributed by atoms with Crippen LogP contribution in [0.4, 0.5) is 13.2 Å². The molecule has 1 aromatic rings. The van der Waals surface area contributed by atoms with Crippen LogP contribution in [0.3, 0.4) is 0 Å². The molecule has 1 rings (SSSR count). The van der Waals surface area contributed by atoms with Gasteiger partial charge in [-0.05, 0) is 12.5 Å². The molecular weight excluding hydrogens is 247 g/mol. The predicted molar refractivity (Wildman–Crippen MR) is 60.1 cm³/mol. The number of nitrogens with one attached hydrogen (secondary N) is 1. The van der Waals surface area contributed by atoms with Crippen LogP contribution in [0.2, 0.25) is 0 Å². The molecular formula is C11H18F3N3O. The van der Waals surface area contributed by atoms with Crippen LogP contribution in [0.1, 0.15) is 32.5 Å². The summed E-state index contributed by atoms with van der Waals surface area (Å²) >= 11 is 0. The fourth-order valence-corrected chi connectivity index (χ4v) is 1.62. The van der Waals surface area contributed by atoms with Crippen LogP contribution >= 0.6 is 0 Å². The van der Waals surface area contributed by atoms with E-state index in [0.717, 1.165) is 6.54 Å². The van der Waals surface area contributed by atoms with Gasteiger partial charge in [-0.2, -0.15) is 18.2 Å². The number of nitrogens with zero attached hydrogens (tertiary/aromatic N) is 2. The number of rotatable bonds is 6. The van der Waals surface area contributed by atoms with Crippen molar-refractivity contribution in [3.05, 3.63) is 11.7 Å². The average Bonchev–Trinajstić information content (AvgIpc) is 2.62. The van der Waals surface area contributed by atoms with E-state index in [-0.39, 0.29) is 17.8 Å². The Labute approximate surface area is 104 Å². The van der Waals surface area contributed by atoms with Crippen LogP contribution < -0.4 is 5.32 Å². The molecule has 1 N–H and O–H groups in total. The molecule has 0 bridgehead atoms. The monoisotopic (exact) mass is 265 g/mol. The van der Waals surface area contributed by atoms with Crippen molar-refractivity contribution in [2.75, 3.05) is 6.54 Å². The number of hydrogen-bond acceptors (Lipinski definition) is 4. The molecule has 0 aromatic carbocycles. The molecule has 4 nitrogen and oxygen atoms in total. The summed E-state index contributed by atoms with van der Waals surface area (Å²) in [4.78, 5) is 3.76. The van der Waals surface area contributed by atoms with Gasteiger partial charge in [0.2, 0.25) is 5.89 Å². The predicted octanol–water partition coefficient (Wildman–Crippen LogP) is 2.35. The third-order valence-corrected chi connectivity index (χ3v) is 2.53. The molecule has 0 saturated heterocycles. The molecule has 1 unspecified atom stereocenters. The zero-order valence-corrected chi connectivity index (χ0v) is 10.7. The van der Waals surface area contributed by atoms with E-state index < -0.39 is 12.6 Å². The maximum atomic E-state index is 12.1. The van der Waals surface area contributed by atoms with Crippen LogP contribution in [0.15, 0.2) is 4.52 Å². The van der Waals surface area contributed by atoms with Crippen LogP contribution in [0.5, 0.6) is 0 Å². The molecule has 0 spiro atoms. The second kappa shape index (κ2) is 6.17. The van der Waals surface area contributed by atoms with Gasteiger partial charge in [0.05, 0.1) is 0 Å². The zero-order valence-electron chi connectivity index (χ0n) is 10.7. The van der Waals surface area contributed by atoms with Gasteiger partial charge in [0.1, 0.15) is 6.42 Å². The van der Waals surface area contributed by atoms with E-state index in [9.17, 15) is 13.2 Å². The van der Waals surface area contributed by atoms with E-state index >= 15 is 0 Å². The maximum absolute atomic E-state index is 12.1. The lowest BCUT2D eigenvalue weighted by Crippen LogP contribution is -2.35. The first-order chi connectivity index (χ1) is 8.31. The minimum atomic E-state index is -4.31. The van der Waals surface area contributed by atoms with E-state index in [0.29, 0.717) is 12.3 Å². The van der Waals surface area contributed by atoms with Gasteiger partial charge in [-0.3, -0.25) is 0 Å². The van der Waals surface area contributed by atoms with Crippen molar-refractivity contribution >= 4 is 0 Å². The number of alkyl halides is 3. The third-order valence-electron chi connectivity index (χ3n) is 2.53. The second-order valence-corrected chi connectivity index (χ2v) is 4.51. The Hall–Kier alpha value is -1.11. The van der Waals surface area contributed by atoms with Crippen LogP contribution in [0, 0.1) is 5.92 Å². The first-order valence-electron chi connectivity index (χ1n) is 5.93. The van der Waals surface area contributed by atoms with Gasteiger partial charge >= 0.3 is 6.18 Å². The van der Waals surface area contributed by atoms with Crippen molar-refractivity contribution in [2.45, 2.75) is 45.8 Å². The maximum Gasteiger partial charge on any atom is 0.396 e. The van der Waals surface area contributed by atoms with Crippen molar-refractivity contribution < 1.29 is 17.7 Å². The van der Waals surface area contributed by atoms with Gasteiger partial charge in [-0.25, -0.2) is 0 Å². The summed E-state index contributed by atoms with van der Waals surface area (Å²) in [5, 5.41) is 6.58. The van der Waals surface area contributed by atoms with Gasteiger partial charge in [-0.15, -0.1) is 0 Å². The van der Waals surface area contributed by atoms with E-state index in [4.69, 9.17) is 4.52 Å². The summed E-state index contributed by atoms with van der Waals surface area (Å²) < 4.78 is 41.2. The molecule has 0 amide bonds. The molecule has 1 aromatic heterocycles. The fourth-order valence-electron chi connectivity index (χ4n) is 1.62. The molecule has 0 aliphatic carbocycles. The fraction of sp³-hybridized carbons (Fsp3) is 0.818. The summed E-state index contributed by atoms with van der Waals surface area (Å²) in [5.41, 5.74) is 0. The van der Waals surface area contributed by atoms with Crippen molar-refractivity contribution in [2.24, 2.45) is 5.92 Å². The van der Waals surface area contributed by atoms with Crippen molar-refractivity contribution in [1.29, 1.82) is 0 Å². The van der Waals surface area contributed by atoms with Crippen molar-refractivity contribution in [3.8, 4) is 0 Å². The average molecular weight is 265 g/mol. The SMILES string of the molecule is CCNC(Cc1nc(CC(F)(F)F)no1)C(C)C. The first-order valence-corrected chi connectivity index (χ1v) is 5.93. The third kappa shape index (κ3) is 5.03. The molecule has 1 heterocycles. The highest BCUT2D eigenvalue weighted by atomic mass is 19.4. The van der Waals surface area contributed by atoms with Crippen molar-refractivity contribution in [1.82, 2.24) is 15.5 Å². The molecule has 1 atom stereocenters. The molecule has 0 radical (unpaired) electrons. The number of hydrogen-bond donors (Lipinski definition) is 1. The van der Waals surface area contributed by atoms with Crippen LogP contribution in [-0.4, -0.2) is 28.9 Å². The normalized spacial score (nSPS) is 14.2. The summed E-state index contributed by atoms with van der Waals surface area (Å²) in [7, 11) is 0. The highest BCUT2D eigenvalue weighted by Crippen LogP contribution is 2.19. The Morgan fingerprint density at radius 3 is 2.50 bits per heavy atom. The Morgan fingerprint density at radius 2 is 2.00 bits per heavy atom. The van der Waals surface area contributed by atoms with Gasteiger partial charge in [-0.1, -0.05) is 25.9 Å². The molecule has 7 heteroatoms. The van der Waals surface area contributed by atoms with Gasteiger partial charge < -0.3 is 9.84 Å². The molecule has 104 valence electrons. The lowest BCUT2D eigenvalue weighted by atomic mass is 10.0. The van der Waals surface area contributed by atoms with Gasteiger partial charge in [0, 0.05) is 12.5 Å². The standard InChI is InChI=1S/C11H18F3N3O/c1-4-15-8(7(2)3)5-10-16-9(17-18-10)6-11(12,13)14/h7-8,15H,4-6H2,1-3H3. The Balaban J connectivity index is 2.62. The quantitative estimate of drug-likeness (QED) is 0.857. The smallest absolute Gasteiger partial charge is 0.339 e. The molecule has 0 aliphatic heterocycles. The molecule has 0 aliphatic rings. The van der Waals surface area contributed by atoms with E-state index in [2.05, 4.69) is 15.5 Å². The topological polar surface area (TPSA) is 51.0 Å². The van der Waals surface area contributed by atoms with Crippen LogP contribution in [0.25, 0.3) is 0 Å². The molecule has 18 heavy (non-hydrogen) atoms. The summed E-state index contributed by atoms with van der Waals surface area (Å²) in [6, 6.07) is 0.120. The highest BCUT2D eigenvalue weighted by Gasteiger charge is 2.30. The zero-order chi connectivity index (χ0) is 13.8. The van der Waals surface area contributed by atoms with Crippen molar-refractivity contribution in [3.63, 3.8) is 0 Å². The van der Waals surface area contributed by atoms with E-state index in [1.54, 1.807) is 0 Å². The van der Waals surface area contributed by atoms with E-state index in [1.807, 2.05) is 20.8 Å². The van der Waals surface area contributed by atoms with Gasteiger partial charge in [0.15, 0.2) is 5.82 Å². The second-order valence-electron chi connectivity index (χ2n) is 4.51. The minimum absolute atomic E-state index is 0.120. The molecule has 0 saturated carbocycles. The Morgan fingerprint density at radius 1 is 1.33 bits per heavy atom. The largest absolute Gasteiger partial charge is 0.396 e. The summed E-state index contributed by atoms with van der Waals surface area (Å²) in [6.45, 7) is 6.81. The Kier molecular flexibility index (Phi) is 5.13. The van der Waals surface area contributed by atoms with Gasteiger partial charge in [0.25, 0.3) is 0 Å². The number of likely N-dealkylation sites (N-methyl/N-ethyl adjacent to an activating group) is 1. The van der Waals surface area contributed by atoms with E-state index in [1.165, 1.54) is 0 Å². The Bertz CT molecular complexity index is 363. The van der Waals surface area contributed by atoms with Crippen LogP contribution in [-0.2, 0) is 12.8 Å².